The average molecular weight is 207 g/mol. The molecule has 0 saturated heterocycles. The number of nitrogens with one attached hydrogen (secondary N) is 1. The molecule has 0 radical (unpaired) electrons. The van der Waals surface area contributed by atoms with Gasteiger partial charge < -0.3 is 5.32 Å². The van der Waals surface area contributed by atoms with E-state index in [0.29, 0.717) is 0 Å². The van der Waals surface area contributed by atoms with E-state index in [1.54, 1.807) is 30.9 Å². The summed E-state index contributed by atoms with van der Waals surface area (Å²) >= 11 is 0. The summed E-state index contributed by atoms with van der Waals surface area (Å²) in [4.78, 5) is 0. The van der Waals surface area contributed by atoms with Crippen LogP contribution in [0.2, 0.25) is 0 Å². The molecule has 1 atom stereocenters. The number of halogens is 3. The molecule has 0 fully saturated rings. The Kier molecular flexibility index (Phi) is 3.15. The molecule has 0 aliphatic carbocycles. The largest absolute Gasteiger partial charge is 0.401 e. The van der Waals surface area contributed by atoms with Crippen LogP contribution >= 0.6 is 0 Å². The van der Waals surface area contributed by atoms with Crippen molar-refractivity contribution in [1.82, 2.24) is 15.1 Å². The fraction of sp³-hybridized carbons (Fsp3) is 0.625. The minimum atomic E-state index is -4.17. The van der Waals surface area contributed by atoms with Crippen molar-refractivity contribution < 1.29 is 13.2 Å². The fourth-order valence-electron chi connectivity index (χ4n) is 1.18. The third-order valence-electron chi connectivity index (χ3n) is 1.91. The van der Waals surface area contributed by atoms with Crippen molar-refractivity contribution in [3.05, 3.63) is 18.0 Å². The lowest BCUT2D eigenvalue weighted by atomic mass is 10.2. The number of alkyl halides is 3. The van der Waals surface area contributed by atoms with E-state index < -0.39 is 12.7 Å². The maximum absolute atomic E-state index is 11.9. The van der Waals surface area contributed by atoms with E-state index in [9.17, 15) is 13.2 Å². The predicted molar refractivity (Wildman–Crippen MR) is 45.7 cm³/mol. The van der Waals surface area contributed by atoms with Crippen LogP contribution < -0.4 is 5.32 Å². The van der Waals surface area contributed by atoms with E-state index in [4.69, 9.17) is 0 Å². The molecule has 14 heavy (non-hydrogen) atoms. The van der Waals surface area contributed by atoms with Gasteiger partial charge in [-0.2, -0.15) is 18.3 Å². The smallest absolute Gasteiger partial charge is 0.301 e. The van der Waals surface area contributed by atoms with Crippen LogP contribution in [0.25, 0.3) is 0 Å². The zero-order valence-electron chi connectivity index (χ0n) is 7.97. The van der Waals surface area contributed by atoms with Crippen LogP contribution in [0.15, 0.2) is 12.3 Å². The van der Waals surface area contributed by atoms with Crippen molar-refractivity contribution in [3.8, 4) is 0 Å². The predicted octanol–water partition coefficient (Wildman–Crippen LogP) is 1.63. The van der Waals surface area contributed by atoms with Crippen molar-refractivity contribution in [2.24, 2.45) is 7.05 Å². The van der Waals surface area contributed by atoms with Crippen LogP contribution in [0.1, 0.15) is 18.7 Å². The first-order valence-corrected chi connectivity index (χ1v) is 4.18. The summed E-state index contributed by atoms with van der Waals surface area (Å²) in [6, 6.07) is 1.33. The minimum Gasteiger partial charge on any atom is -0.301 e. The number of hydrogen-bond acceptors (Lipinski definition) is 2. The van der Waals surface area contributed by atoms with Gasteiger partial charge in [-0.25, -0.2) is 0 Å². The van der Waals surface area contributed by atoms with Gasteiger partial charge in [-0.3, -0.25) is 4.68 Å². The highest BCUT2D eigenvalue weighted by molar-refractivity contribution is 5.05. The summed E-state index contributed by atoms with van der Waals surface area (Å²) < 4.78 is 37.2. The van der Waals surface area contributed by atoms with Gasteiger partial charge >= 0.3 is 6.18 Å². The second-order valence-corrected chi connectivity index (χ2v) is 3.10. The van der Waals surface area contributed by atoms with Gasteiger partial charge in [-0.15, -0.1) is 0 Å². The molecular weight excluding hydrogens is 195 g/mol. The molecule has 1 aromatic heterocycles. The zero-order valence-corrected chi connectivity index (χ0v) is 7.97. The van der Waals surface area contributed by atoms with Crippen LogP contribution in [-0.4, -0.2) is 22.5 Å². The first kappa shape index (κ1) is 11.0. The summed E-state index contributed by atoms with van der Waals surface area (Å²) in [5.74, 6) is 0. The highest BCUT2D eigenvalue weighted by Gasteiger charge is 2.27. The lowest BCUT2D eigenvalue weighted by Crippen LogP contribution is -2.31. The van der Waals surface area contributed by atoms with Crippen LogP contribution in [0.4, 0.5) is 13.2 Å². The molecule has 80 valence electrons. The quantitative estimate of drug-likeness (QED) is 0.816. The fourth-order valence-corrected chi connectivity index (χ4v) is 1.18. The Labute approximate surface area is 79.9 Å². The van der Waals surface area contributed by atoms with Gasteiger partial charge in [0.1, 0.15) is 0 Å². The van der Waals surface area contributed by atoms with Gasteiger partial charge in [0.25, 0.3) is 0 Å². The van der Waals surface area contributed by atoms with E-state index in [1.165, 1.54) is 0 Å². The zero-order chi connectivity index (χ0) is 10.8. The van der Waals surface area contributed by atoms with Crippen LogP contribution in [0.5, 0.6) is 0 Å². The molecular formula is C8H12F3N3. The monoisotopic (exact) mass is 207 g/mol. The van der Waals surface area contributed by atoms with Crippen molar-refractivity contribution in [2.45, 2.75) is 19.1 Å². The van der Waals surface area contributed by atoms with E-state index >= 15 is 0 Å². The van der Waals surface area contributed by atoms with E-state index in [-0.39, 0.29) is 6.04 Å². The molecule has 0 aromatic carbocycles. The van der Waals surface area contributed by atoms with E-state index in [1.807, 2.05) is 0 Å². The van der Waals surface area contributed by atoms with Crippen LogP contribution in [0, 0.1) is 0 Å². The second-order valence-electron chi connectivity index (χ2n) is 3.10. The third kappa shape index (κ3) is 3.02. The summed E-state index contributed by atoms with van der Waals surface area (Å²) in [6.45, 7) is 0.683. The van der Waals surface area contributed by atoms with Crippen LogP contribution in [-0.2, 0) is 7.05 Å². The van der Waals surface area contributed by atoms with Gasteiger partial charge in [0.15, 0.2) is 0 Å². The summed E-state index contributed by atoms with van der Waals surface area (Å²) in [5, 5.41) is 6.26. The summed E-state index contributed by atoms with van der Waals surface area (Å²) in [5.41, 5.74) is 0.731. The lowest BCUT2D eigenvalue weighted by molar-refractivity contribution is -0.126. The van der Waals surface area contributed by atoms with Gasteiger partial charge in [-0.05, 0) is 13.0 Å². The maximum Gasteiger partial charge on any atom is 0.401 e. The number of aryl methyl sites for hydroxylation is 1. The van der Waals surface area contributed by atoms with Gasteiger partial charge in [-0.1, -0.05) is 0 Å². The van der Waals surface area contributed by atoms with E-state index in [2.05, 4.69) is 10.4 Å². The molecule has 0 aliphatic heterocycles. The highest BCUT2D eigenvalue weighted by Crippen LogP contribution is 2.16. The summed E-state index contributed by atoms with van der Waals surface area (Å²) in [7, 11) is 1.70. The van der Waals surface area contributed by atoms with Crippen molar-refractivity contribution in [2.75, 3.05) is 6.54 Å². The Hall–Kier alpha value is -1.04. The average Bonchev–Trinajstić information content (AvgIpc) is 2.46. The lowest BCUT2D eigenvalue weighted by Gasteiger charge is -2.15. The van der Waals surface area contributed by atoms with E-state index in [0.717, 1.165) is 5.69 Å². The van der Waals surface area contributed by atoms with Crippen molar-refractivity contribution >= 4 is 0 Å². The minimum absolute atomic E-state index is 0.357. The Bertz CT molecular complexity index is 292. The van der Waals surface area contributed by atoms with Gasteiger partial charge in [0.2, 0.25) is 0 Å². The Balaban J connectivity index is 2.51. The summed E-state index contributed by atoms with van der Waals surface area (Å²) in [6.07, 6.45) is -2.62. The maximum atomic E-state index is 11.9. The Morgan fingerprint density at radius 2 is 2.21 bits per heavy atom. The highest BCUT2D eigenvalue weighted by atomic mass is 19.4. The molecule has 1 heterocycles. The first-order valence-electron chi connectivity index (χ1n) is 4.18. The molecule has 0 spiro atoms. The van der Waals surface area contributed by atoms with Crippen LogP contribution in [0.3, 0.4) is 0 Å². The molecule has 1 unspecified atom stereocenters. The standard InChI is InChI=1S/C8H12F3N3/c1-6(12-5-8(9,10)11)7-3-4-13-14(7)2/h3-4,6,12H,5H2,1-2H3. The van der Waals surface area contributed by atoms with Crippen molar-refractivity contribution in [1.29, 1.82) is 0 Å². The molecule has 6 heteroatoms. The van der Waals surface area contributed by atoms with Gasteiger partial charge in [0, 0.05) is 19.3 Å². The molecule has 0 amide bonds. The topological polar surface area (TPSA) is 29.9 Å². The Morgan fingerprint density at radius 3 is 2.64 bits per heavy atom. The molecule has 0 bridgehead atoms. The molecule has 1 rings (SSSR count). The van der Waals surface area contributed by atoms with Gasteiger partial charge in [0.05, 0.1) is 12.2 Å². The molecule has 1 N–H and O–H groups in total. The normalized spacial score (nSPS) is 14.4. The molecule has 0 saturated carbocycles. The molecule has 3 nitrogen and oxygen atoms in total. The molecule has 0 aliphatic rings. The number of rotatable bonds is 3. The number of aromatic nitrogens is 2. The third-order valence-corrected chi connectivity index (χ3v) is 1.91. The SMILES string of the molecule is CC(NCC(F)(F)F)c1ccnn1C. The number of hydrogen-bond donors (Lipinski definition) is 1. The second kappa shape index (κ2) is 4.00. The number of nitrogens with zero attached hydrogens (tertiary/aromatic N) is 2. The Morgan fingerprint density at radius 1 is 1.57 bits per heavy atom. The first-order chi connectivity index (χ1) is 6.40. The molecule has 1 aromatic rings. The van der Waals surface area contributed by atoms with Crippen molar-refractivity contribution in [3.63, 3.8) is 0 Å².